The molecular formula is C22H20ClN7O2. The summed E-state index contributed by atoms with van der Waals surface area (Å²) in [4.78, 5) is 8.92. The number of halogens is 1. The molecule has 1 N–H and O–H groups in total. The van der Waals surface area contributed by atoms with Gasteiger partial charge in [-0.3, -0.25) is 0 Å². The zero-order valence-corrected chi connectivity index (χ0v) is 18.0. The van der Waals surface area contributed by atoms with Gasteiger partial charge in [0, 0.05) is 24.4 Å². The van der Waals surface area contributed by atoms with E-state index in [0.29, 0.717) is 29.9 Å². The third-order valence-corrected chi connectivity index (χ3v) is 5.35. The molecule has 1 unspecified atom stereocenters. The summed E-state index contributed by atoms with van der Waals surface area (Å²) in [6.45, 7) is 3.13. The van der Waals surface area contributed by atoms with Crippen molar-refractivity contribution in [2.24, 2.45) is 0 Å². The van der Waals surface area contributed by atoms with Crippen molar-refractivity contribution < 1.29 is 9.47 Å². The molecule has 0 saturated carbocycles. The van der Waals surface area contributed by atoms with E-state index in [0.717, 1.165) is 29.0 Å². The van der Waals surface area contributed by atoms with Crippen molar-refractivity contribution in [2.45, 2.75) is 26.0 Å². The lowest BCUT2D eigenvalue weighted by Crippen LogP contribution is -2.20. The normalized spacial score (nSPS) is 13.3. The van der Waals surface area contributed by atoms with Gasteiger partial charge in [-0.2, -0.15) is 0 Å². The standard InChI is InChI=1S/C22H20ClN7O2/c1-14(12-30-13-26-28-29-30)32-20-9-16(5-6-18(20)23)17-10-24-22(25-11-17)27-19-4-2-3-15-7-8-31-21(15)19/h2-6,9-11,13-14H,7-8,12H2,1H3,(H,24,25,27). The number of nitrogens with one attached hydrogen (secondary N) is 1. The lowest BCUT2D eigenvalue weighted by Gasteiger charge is -2.16. The molecule has 0 saturated heterocycles. The van der Waals surface area contributed by atoms with Crippen LogP contribution in [-0.2, 0) is 13.0 Å². The molecule has 1 atom stereocenters. The fourth-order valence-electron chi connectivity index (χ4n) is 3.53. The number of hydrogen-bond donors (Lipinski definition) is 1. The van der Waals surface area contributed by atoms with Gasteiger partial charge in [0.15, 0.2) is 0 Å². The van der Waals surface area contributed by atoms with Crippen molar-refractivity contribution in [1.29, 1.82) is 0 Å². The van der Waals surface area contributed by atoms with Crippen LogP contribution in [0.4, 0.5) is 11.6 Å². The van der Waals surface area contributed by atoms with E-state index in [2.05, 4.69) is 36.9 Å². The van der Waals surface area contributed by atoms with Crippen molar-refractivity contribution >= 4 is 23.2 Å². The highest BCUT2D eigenvalue weighted by Crippen LogP contribution is 2.35. The van der Waals surface area contributed by atoms with E-state index >= 15 is 0 Å². The Labute approximate surface area is 189 Å². The van der Waals surface area contributed by atoms with E-state index in [1.54, 1.807) is 29.5 Å². The highest BCUT2D eigenvalue weighted by atomic mass is 35.5. The van der Waals surface area contributed by atoms with Crippen LogP contribution in [0.2, 0.25) is 5.02 Å². The highest BCUT2D eigenvalue weighted by Gasteiger charge is 2.16. The summed E-state index contributed by atoms with van der Waals surface area (Å²) in [6, 6.07) is 11.6. The van der Waals surface area contributed by atoms with E-state index in [9.17, 15) is 0 Å². The van der Waals surface area contributed by atoms with Crippen LogP contribution < -0.4 is 14.8 Å². The molecule has 4 aromatic rings. The van der Waals surface area contributed by atoms with Crippen LogP contribution in [0.15, 0.2) is 55.1 Å². The van der Waals surface area contributed by atoms with Crippen LogP contribution in [0.25, 0.3) is 11.1 Å². The summed E-state index contributed by atoms with van der Waals surface area (Å²) in [6.07, 6.45) is 5.80. The molecule has 0 radical (unpaired) electrons. The Bertz CT molecular complexity index is 1220. The molecule has 2 aromatic carbocycles. The number of tetrazole rings is 1. The molecule has 0 aliphatic carbocycles. The van der Waals surface area contributed by atoms with Gasteiger partial charge < -0.3 is 14.8 Å². The molecule has 1 aliphatic heterocycles. The molecular weight excluding hydrogens is 430 g/mol. The van der Waals surface area contributed by atoms with Gasteiger partial charge in [-0.25, -0.2) is 14.6 Å². The van der Waals surface area contributed by atoms with Crippen molar-refractivity contribution in [2.75, 3.05) is 11.9 Å². The van der Waals surface area contributed by atoms with Crippen LogP contribution in [0.3, 0.4) is 0 Å². The molecule has 5 rings (SSSR count). The predicted molar refractivity (Wildman–Crippen MR) is 119 cm³/mol. The number of nitrogens with zero attached hydrogens (tertiary/aromatic N) is 6. The Hall–Kier alpha value is -3.72. The number of ether oxygens (including phenoxy) is 2. The average molecular weight is 450 g/mol. The van der Waals surface area contributed by atoms with Crippen molar-refractivity contribution in [3.05, 3.63) is 65.7 Å². The summed E-state index contributed by atoms with van der Waals surface area (Å²) >= 11 is 6.35. The maximum Gasteiger partial charge on any atom is 0.227 e. The molecule has 9 nitrogen and oxygen atoms in total. The molecule has 32 heavy (non-hydrogen) atoms. The second-order valence-corrected chi connectivity index (χ2v) is 7.83. The molecule has 162 valence electrons. The first-order chi connectivity index (χ1) is 15.7. The highest BCUT2D eigenvalue weighted by molar-refractivity contribution is 6.32. The first kappa shape index (κ1) is 20.2. The molecule has 10 heteroatoms. The number of rotatable bonds is 7. The maximum atomic E-state index is 6.35. The van der Waals surface area contributed by atoms with E-state index in [4.69, 9.17) is 21.1 Å². The Morgan fingerprint density at radius 1 is 1.19 bits per heavy atom. The van der Waals surface area contributed by atoms with Crippen LogP contribution in [0.1, 0.15) is 12.5 Å². The minimum Gasteiger partial charge on any atom is -0.491 e. The Kier molecular flexibility index (Phi) is 5.55. The monoisotopic (exact) mass is 449 g/mol. The van der Waals surface area contributed by atoms with Crippen molar-refractivity contribution in [3.8, 4) is 22.6 Å². The van der Waals surface area contributed by atoms with E-state index in [1.165, 1.54) is 5.56 Å². The molecule has 1 aliphatic rings. The van der Waals surface area contributed by atoms with Crippen LogP contribution in [0, 0.1) is 0 Å². The zero-order chi connectivity index (χ0) is 21.9. The van der Waals surface area contributed by atoms with Gasteiger partial charge in [0.2, 0.25) is 5.95 Å². The number of hydrogen-bond acceptors (Lipinski definition) is 8. The van der Waals surface area contributed by atoms with E-state index < -0.39 is 0 Å². The lowest BCUT2D eigenvalue weighted by atomic mass is 10.1. The third kappa shape index (κ3) is 4.33. The Balaban J connectivity index is 1.31. The number of benzene rings is 2. The molecule has 2 aromatic heterocycles. The fraction of sp³-hybridized carbons (Fsp3) is 0.227. The zero-order valence-electron chi connectivity index (χ0n) is 17.3. The van der Waals surface area contributed by atoms with Gasteiger partial charge in [0.25, 0.3) is 0 Å². The van der Waals surface area contributed by atoms with Gasteiger partial charge in [-0.1, -0.05) is 29.8 Å². The average Bonchev–Trinajstić information content (AvgIpc) is 3.48. The molecule has 0 spiro atoms. The summed E-state index contributed by atoms with van der Waals surface area (Å²) in [5.41, 5.74) is 3.80. The quantitative estimate of drug-likeness (QED) is 0.453. The van der Waals surface area contributed by atoms with E-state index in [1.807, 2.05) is 31.2 Å². The number of aromatic nitrogens is 6. The second-order valence-electron chi connectivity index (χ2n) is 7.42. The minimum absolute atomic E-state index is 0.177. The van der Waals surface area contributed by atoms with Crippen LogP contribution in [0.5, 0.6) is 11.5 Å². The summed E-state index contributed by atoms with van der Waals surface area (Å²) in [5, 5.41) is 14.9. The first-order valence-electron chi connectivity index (χ1n) is 10.2. The van der Waals surface area contributed by atoms with Gasteiger partial charge in [-0.05, 0) is 46.7 Å². The maximum absolute atomic E-state index is 6.35. The summed E-state index contributed by atoms with van der Waals surface area (Å²) in [7, 11) is 0. The van der Waals surface area contributed by atoms with Gasteiger partial charge in [0.1, 0.15) is 23.9 Å². The second kappa shape index (κ2) is 8.80. The van der Waals surface area contributed by atoms with Gasteiger partial charge in [0.05, 0.1) is 23.9 Å². The number of fused-ring (bicyclic) bond motifs is 1. The van der Waals surface area contributed by atoms with Crippen molar-refractivity contribution in [3.63, 3.8) is 0 Å². The van der Waals surface area contributed by atoms with E-state index in [-0.39, 0.29) is 6.10 Å². The molecule has 0 amide bonds. The smallest absolute Gasteiger partial charge is 0.227 e. The van der Waals surface area contributed by atoms with Crippen LogP contribution >= 0.6 is 11.6 Å². The molecule has 0 fully saturated rings. The first-order valence-corrected chi connectivity index (χ1v) is 10.5. The summed E-state index contributed by atoms with van der Waals surface area (Å²) < 4.78 is 13.3. The lowest BCUT2D eigenvalue weighted by molar-refractivity contribution is 0.193. The minimum atomic E-state index is -0.177. The largest absolute Gasteiger partial charge is 0.491 e. The Morgan fingerprint density at radius 2 is 2.06 bits per heavy atom. The SMILES string of the molecule is CC(Cn1cnnn1)Oc1cc(-c2cnc(Nc3cccc4c3OCC4)nc2)ccc1Cl. The van der Waals surface area contributed by atoms with Crippen LogP contribution in [-0.4, -0.2) is 42.9 Å². The number of anilines is 2. The topological polar surface area (TPSA) is 99.9 Å². The third-order valence-electron chi connectivity index (χ3n) is 5.04. The molecule has 0 bridgehead atoms. The summed E-state index contributed by atoms with van der Waals surface area (Å²) in [5.74, 6) is 1.94. The predicted octanol–water partition coefficient (Wildman–Crippen LogP) is 3.93. The number of para-hydroxylation sites is 1. The Morgan fingerprint density at radius 3 is 2.88 bits per heavy atom. The van der Waals surface area contributed by atoms with Gasteiger partial charge >= 0.3 is 0 Å². The van der Waals surface area contributed by atoms with Gasteiger partial charge in [-0.15, -0.1) is 5.10 Å². The van der Waals surface area contributed by atoms with Crippen molar-refractivity contribution in [1.82, 2.24) is 30.2 Å². The fourth-order valence-corrected chi connectivity index (χ4v) is 3.69. The molecule has 3 heterocycles.